The smallest absolute Gasteiger partial charge is 0.355 e. The standard InChI is InChI=1S/C17H20N3OS.ClH/c1-12(21)20-14(13-8-6-5-7-9-13)15(18-17(2,3)4)19-10-11-22-16(19)20;/h5-11,18H,1-4H3;1H/q+1;/p-1. The lowest BCUT2D eigenvalue weighted by Crippen LogP contribution is -3.00. The van der Waals surface area contributed by atoms with Crippen molar-refractivity contribution in [3.8, 4) is 11.3 Å². The Morgan fingerprint density at radius 3 is 2.43 bits per heavy atom. The second kappa shape index (κ2) is 6.34. The Labute approximate surface area is 146 Å². The van der Waals surface area contributed by atoms with Crippen LogP contribution in [-0.4, -0.2) is 15.8 Å². The maximum absolute atomic E-state index is 12.3. The van der Waals surface area contributed by atoms with E-state index in [1.54, 1.807) is 22.8 Å². The number of carbonyl (C=O) groups is 1. The van der Waals surface area contributed by atoms with Crippen molar-refractivity contribution in [3.05, 3.63) is 41.9 Å². The topological polar surface area (TPSA) is 37.4 Å². The number of nitrogens with zero attached hydrogens (tertiary/aromatic N) is 2. The third-order valence-corrected chi connectivity index (χ3v) is 4.17. The predicted molar refractivity (Wildman–Crippen MR) is 90.6 cm³/mol. The largest absolute Gasteiger partial charge is 1.00 e. The van der Waals surface area contributed by atoms with Gasteiger partial charge in [0.15, 0.2) is 0 Å². The van der Waals surface area contributed by atoms with Crippen LogP contribution >= 0.6 is 11.3 Å². The van der Waals surface area contributed by atoms with Crippen LogP contribution in [0.1, 0.15) is 32.5 Å². The van der Waals surface area contributed by atoms with Gasteiger partial charge in [-0.15, -0.1) is 4.57 Å². The van der Waals surface area contributed by atoms with E-state index in [-0.39, 0.29) is 23.9 Å². The first-order valence-electron chi connectivity index (χ1n) is 7.26. The van der Waals surface area contributed by atoms with Crippen LogP contribution in [-0.2, 0) is 0 Å². The first-order chi connectivity index (χ1) is 10.4. The molecule has 6 heteroatoms. The van der Waals surface area contributed by atoms with Gasteiger partial charge in [-0.25, -0.2) is 4.79 Å². The highest BCUT2D eigenvalue weighted by atomic mass is 35.5. The molecule has 2 heterocycles. The van der Waals surface area contributed by atoms with Crippen molar-refractivity contribution in [2.75, 3.05) is 5.32 Å². The van der Waals surface area contributed by atoms with Gasteiger partial charge in [-0.3, -0.25) is 0 Å². The van der Waals surface area contributed by atoms with E-state index in [1.807, 2.05) is 41.9 Å². The Bertz CT molecular complexity index is 831. The molecule has 122 valence electrons. The van der Waals surface area contributed by atoms with Gasteiger partial charge >= 0.3 is 10.9 Å². The first kappa shape index (κ1) is 17.5. The zero-order valence-electron chi connectivity index (χ0n) is 13.6. The van der Waals surface area contributed by atoms with E-state index < -0.39 is 0 Å². The normalized spacial score (nSPS) is 11.3. The molecule has 4 nitrogen and oxygen atoms in total. The number of imidazole rings is 1. The molecule has 0 saturated heterocycles. The van der Waals surface area contributed by atoms with Crippen molar-refractivity contribution >= 4 is 28.0 Å². The highest BCUT2D eigenvalue weighted by molar-refractivity contribution is 7.14. The molecule has 0 saturated carbocycles. The number of rotatable bonds is 2. The van der Waals surface area contributed by atoms with Crippen LogP contribution in [0.5, 0.6) is 0 Å². The molecule has 0 spiro atoms. The van der Waals surface area contributed by atoms with Gasteiger partial charge in [0.05, 0.1) is 0 Å². The van der Waals surface area contributed by atoms with E-state index in [4.69, 9.17) is 0 Å². The fourth-order valence-electron chi connectivity index (χ4n) is 2.55. The van der Waals surface area contributed by atoms with Gasteiger partial charge in [-0.2, -0.15) is 4.40 Å². The van der Waals surface area contributed by atoms with Gasteiger partial charge < -0.3 is 17.7 Å². The van der Waals surface area contributed by atoms with Crippen molar-refractivity contribution in [2.45, 2.75) is 33.2 Å². The third-order valence-electron chi connectivity index (χ3n) is 3.33. The summed E-state index contributed by atoms with van der Waals surface area (Å²) in [5.74, 6) is 0.964. The van der Waals surface area contributed by atoms with Crippen LogP contribution in [0.25, 0.3) is 16.2 Å². The predicted octanol–water partition coefficient (Wildman–Crippen LogP) is 0.830. The van der Waals surface area contributed by atoms with Crippen molar-refractivity contribution in [1.29, 1.82) is 0 Å². The second-order valence-electron chi connectivity index (χ2n) is 6.35. The average Bonchev–Trinajstić information content (AvgIpc) is 2.99. The van der Waals surface area contributed by atoms with E-state index in [9.17, 15) is 4.79 Å². The zero-order valence-corrected chi connectivity index (χ0v) is 15.2. The molecular formula is C17H20ClN3OS. The van der Waals surface area contributed by atoms with E-state index in [0.29, 0.717) is 0 Å². The minimum atomic E-state index is -0.103. The molecule has 0 atom stereocenters. The fraction of sp³-hybridized carbons (Fsp3) is 0.294. The van der Waals surface area contributed by atoms with Gasteiger partial charge in [-0.1, -0.05) is 41.7 Å². The van der Waals surface area contributed by atoms with Crippen LogP contribution in [0.2, 0.25) is 0 Å². The van der Waals surface area contributed by atoms with Crippen LogP contribution < -0.4 is 22.3 Å². The summed E-state index contributed by atoms with van der Waals surface area (Å²) in [4.78, 5) is 13.2. The Morgan fingerprint density at radius 1 is 1.22 bits per heavy atom. The lowest BCUT2D eigenvalue weighted by Gasteiger charge is -2.20. The van der Waals surface area contributed by atoms with Crippen LogP contribution in [0.15, 0.2) is 41.9 Å². The number of anilines is 1. The molecule has 0 aliphatic heterocycles. The lowest BCUT2D eigenvalue weighted by molar-refractivity contribution is -0.529. The number of hydrogen-bond donors (Lipinski definition) is 1. The summed E-state index contributed by atoms with van der Waals surface area (Å²) in [7, 11) is 0. The molecular weight excluding hydrogens is 330 g/mol. The zero-order chi connectivity index (χ0) is 15.9. The summed E-state index contributed by atoms with van der Waals surface area (Å²) >= 11 is 1.56. The quantitative estimate of drug-likeness (QED) is 0.696. The molecule has 0 unspecified atom stereocenters. The first-order valence-corrected chi connectivity index (χ1v) is 8.14. The van der Waals surface area contributed by atoms with Gasteiger partial charge in [0.25, 0.3) is 0 Å². The van der Waals surface area contributed by atoms with Crippen LogP contribution in [0.3, 0.4) is 0 Å². The minimum absolute atomic E-state index is 0. The Kier molecular flexibility index (Phi) is 4.82. The number of fused-ring (bicyclic) bond motifs is 1. The number of carbonyl (C=O) groups excluding carboxylic acids is 1. The molecule has 0 amide bonds. The Hall–Kier alpha value is -1.85. The van der Waals surface area contributed by atoms with Gasteiger partial charge in [0, 0.05) is 23.4 Å². The molecule has 3 rings (SSSR count). The van der Waals surface area contributed by atoms with E-state index in [0.717, 1.165) is 22.0 Å². The van der Waals surface area contributed by atoms with E-state index in [1.165, 1.54) is 0 Å². The van der Waals surface area contributed by atoms with Crippen molar-refractivity contribution in [3.63, 3.8) is 0 Å². The third kappa shape index (κ3) is 3.26. The van der Waals surface area contributed by atoms with Gasteiger partial charge in [-0.05, 0) is 20.8 Å². The molecule has 0 radical (unpaired) electrons. The number of nitrogens with one attached hydrogen (secondary N) is 1. The molecule has 0 fully saturated rings. The van der Waals surface area contributed by atoms with Crippen LogP contribution in [0, 0.1) is 0 Å². The van der Waals surface area contributed by atoms with Crippen molar-refractivity contribution in [1.82, 2.24) is 4.40 Å². The summed E-state index contributed by atoms with van der Waals surface area (Å²) in [5.41, 5.74) is 1.84. The summed E-state index contributed by atoms with van der Waals surface area (Å²) in [6, 6.07) is 10.0. The summed E-state index contributed by atoms with van der Waals surface area (Å²) in [5, 5.41) is 5.55. The molecule has 23 heavy (non-hydrogen) atoms. The highest BCUT2D eigenvalue weighted by Gasteiger charge is 2.32. The monoisotopic (exact) mass is 349 g/mol. The number of halogens is 1. The molecule has 0 aliphatic rings. The van der Waals surface area contributed by atoms with Crippen molar-refractivity contribution < 1.29 is 21.8 Å². The summed E-state index contributed by atoms with van der Waals surface area (Å²) in [6.45, 7) is 7.95. The SMILES string of the molecule is CC(=O)[n+]1c(-c2ccccc2)c(NC(C)(C)C)n2ccsc21.[Cl-]. The van der Waals surface area contributed by atoms with E-state index in [2.05, 4.69) is 30.5 Å². The minimum Gasteiger partial charge on any atom is -1.00 e. The molecule has 0 bridgehead atoms. The van der Waals surface area contributed by atoms with Crippen LogP contribution in [0.4, 0.5) is 5.82 Å². The fourth-order valence-corrected chi connectivity index (χ4v) is 3.44. The maximum Gasteiger partial charge on any atom is 0.355 e. The second-order valence-corrected chi connectivity index (χ2v) is 7.22. The highest BCUT2D eigenvalue weighted by Crippen LogP contribution is 2.31. The Morgan fingerprint density at radius 2 is 1.87 bits per heavy atom. The number of aromatic nitrogens is 2. The van der Waals surface area contributed by atoms with Crippen molar-refractivity contribution in [2.24, 2.45) is 0 Å². The number of thiazole rings is 1. The average molecular weight is 350 g/mol. The van der Waals surface area contributed by atoms with Gasteiger partial charge in [0.1, 0.15) is 6.20 Å². The Balaban J connectivity index is 0.00000192. The van der Waals surface area contributed by atoms with E-state index >= 15 is 0 Å². The molecule has 2 aromatic heterocycles. The molecule has 1 aromatic carbocycles. The summed E-state index contributed by atoms with van der Waals surface area (Å²) in [6.07, 6.45) is 2.00. The molecule has 0 aliphatic carbocycles. The lowest BCUT2D eigenvalue weighted by atomic mass is 10.1. The number of benzene rings is 1. The molecule has 3 aromatic rings. The summed E-state index contributed by atoms with van der Waals surface area (Å²) < 4.78 is 3.84. The number of hydrogen-bond acceptors (Lipinski definition) is 3. The maximum atomic E-state index is 12.3. The molecule has 1 N–H and O–H groups in total. The van der Waals surface area contributed by atoms with Gasteiger partial charge in [0.2, 0.25) is 11.5 Å².